The average Bonchev–Trinajstić information content (AvgIpc) is 3.29. The highest BCUT2D eigenvalue weighted by atomic mass is 32.1. The molecule has 0 bridgehead atoms. The first-order valence-corrected chi connectivity index (χ1v) is 11.5. The number of ether oxygens (including phenoxy) is 1. The number of para-hydroxylation sites is 2. The quantitative estimate of drug-likeness (QED) is 0.274. The molecule has 0 spiro atoms. The molecule has 0 aliphatic rings. The predicted molar refractivity (Wildman–Crippen MR) is 134 cm³/mol. The molecule has 0 aliphatic carbocycles. The molecule has 1 amide bonds. The van der Waals surface area contributed by atoms with Gasteiger partial charge in [-0.2, -0.15) is 0 Å². The van der Waals surface area contributed by atoms with Gasteiger partial charge in [-0.1, -0.05) is 72.0 Å². The molecule has 33 heavy (non-hydrogen) atoms. The van der Waals surface area contributed by atoms with Gasteiger partial charge in [0.2, 0.25) is 0 Å². The molecule has 0 atom stereocenters. The summed E-state index contributed by atoms with van der Waals surface area (Å²) in [5.41, 5.74) is 3.67. The Morgan fingerprint density at radius 3 is 2.18 bits per heavy atom. The summed E-state index contributed by atoms with van der Waals surface area (Å²) in [7, 11) is 0. The monoisotopic (exact) mass is 450 g/mol. The molecule has 5 rings (SSSR count). The third-order valence-corrected chi connectivity index (χ3v) is 6.39. The summed E-state index contributed by atoms with van der Waals surface area (Å²) < 4.78 is 6.94. The number of rotatable bonds is 6. The third kappa shape index (κ3) is 4.64. The number of hydrogen-bond donors (Lipinski definition) is 0. The van der Waals surface area contributed by atoms with E-state index in [9.17, 15) is 4.79 Å². The molecular weight excluding hydrogens is 428 g/mol. The van der Waals surface area contributed by atoms with Crippen LogP contribution < -0.4 is 9.64 Å². The summed E-state index contributed by atoms with van der Waals surface area (Å²) in [4.78, 5) is 20.2. The fourth-order valence-electron chi connectivity index (χ4n) is 3.63. The Hall–Kier alpha value is -3.96. The number of hydrogen-bond acceptors (Lipinski definition) is 4. The van der Waals surface area contributed by atoms with Crippen molar-refractivity contribution in [1.82, 2.24) is 4.98 Å². The van der Waals surface area contributed by atoms with Crippen LogP contribution in [0.5, 0.6) is 11.5 Å². The third-order valence-electron chi connectivity index (χ3n) is 5.35. The number of anilines is 1. The Morgan fingerprint density at radius 1 is 0.818 bits per heavy atom. The van der Waals surface area contributed by atoms with Crippen LogP contribution in [-0.4, -0.2) is 10.9 Å². The number of amides is 1. The van der Waals surface area contributed by atoms with Crippen molar-refractivity contribution in [3.05, 3.63) is 120 Å². The second-order valence-electron chi connectivity index (χ2n) is 7.73. The fraction of sp³-hybridized carbons (Fsp3) is 0.0714. The normalized spacial score (nSPS) is 10.8. The van der Waals surface area contributed by atoms with E-state index in [0.717, 1.165) is 27.1 Å². The van der Waals surface area contributed by atoms with Gasteiger partial charge in [0.05, 0.1) is 16.8 Å². The molecule has 0 saturated carbocycles. The maximum atomic E-state index is 13.6. The van der Waals surface area contributed by atoms with Crippen LogP contribution in [0.1, 0.15) is 21.5 Å². The first-order valence-electron chi connectivity index (χ1n) is 10.7. The summed E-state index contributed by atoms with van der Waals surface area (Å²) in [5, 5.41) is 0.692. The minimum Gasteiger partial charge on any atom is -0.457 e. The van der Waals surface area contributed by atoms with Crippen molar-refractivity contribution >= 4 is 32.6 Å². The Bertz CT molecular complexity index is 1380. The first kappa shape index (κ1) is 20.9. The van der Waals surface area contributed by atoms with Crippen LogP contribution in [0.15, 0.2) is 103 Å². The topological polar surface area (TPSA) is 42.4 Å². The predicted octanol–water partition coefficient (Wildman–Crippen LogP) is 7.24. The number of aryl methyl sites for hydroxylation is 1. The van der Waals surface area contributed by atoms with Crippen molar-refractivity contribution in [3.63, 3.8) is 0 Å². The van der Waals surface area contributed by atoms with Gasteiger partial charge >= 0.3 is 0 Å². The zero-order valence-electron chi connectivity index (χ0n) is 18.1. The molecule has 0 radical (unpaired) electrons. The molecule has 0 fully saturated rings. The molecule has 5 aromatic rings. The molecule has 4 aromatic carbocycles. The molecule has 0 aliphatic heterocycles. The van der Waals surface area contributed by atoms with E-state index in [0.29, 0.717) is 23.0 Å². The Labute approximate surface area is 196 Å². The fourth-order valence-corrected chi connectivity index (χ4v) is 4.67. The highest BCUT2D eigenvalue weighted by molar-refractivity contribution is 7.22. The lowest BCUT2D eigenvalue weighted by molar-refractivity contribution is 0.0985. The SMILES string of the molecule is Cc1cccc2sc(N(Cc3ccccc3)C(=O)c3ccc(Oc4ccccc4)cc3)nc12. The molecule has 4 nitrogen and oxygen atoms in total. The number of aromatic nitrogens is 1. The smallest absolute Gasteiger partial charge is 0.260 e. The van der Waals surface area contributed by atoms with E-state index >= 15 is 0 Å². The van der Waals surface area contributed by atoms with Crippen molar-refractivity contribution in [3.8, 4) is 11.5 Å². The minimum atomic E-state index is -0.0955. The molecule has 0 saturated heterocycles. The maximum absolute atomic E-state index is 13.6. The van der Waals surface area contributed by atoms with Crippen LogP contribution in [0, 0.1) is 6.92 Å². The van der Waals surface area contributed by atoms with Gasteiger partial charge < -0.3 is 4.74 Å². The molecule has 1 aromatic heterocycles. The summed E-state index contributed by atoms with van der Waals surface area (Å²) >= 11 is 1.54. The molecule has 5 heteroatoms. The van der Waals surface area contributed by atoms with Crippen molar-refractivity contribution in [1.29, 1.82) is 0 Å². The van der Waals surface area contributed by atoms with Gasteiger partial charge in [-0.05, 0) is 60.5 Å². The summed E-state index contributed by atoms with van der Waals surface area (Å²) in [5.74, 6) is 1.34. The lowest BCUT2D eigenvalue weighted by atomic mass is 10.1. The number of fused-ring (bicyclic) bond motifs is 1. The van der Waals surface area contributed by atoms with Crippen molar-refractivity contribution in [2.75, 3.05) is 4.90 Å². The Balaban J connectivity index is 1.46. The average molecular weight is 451 g/mol. The number of carbonyl (C=O) groups is 1. The molecule has 0 N–H and O–H groups in total. The van der Waals surface area contributed by atoms with E-state index in [1.807, 2.05) is 97.9 Å². The largest absolute Gasteiger partial charge is 0.457 e. The van der Waals surface area contributed by atoms with E-state index in [2.05, 4.69) is 0 Å². The van der Waals surface area contributed by atoms with E-state index in [4.69, 9.17) is 9.72 Å². The van der Waals surface area contributed by atoms with Crippen molar-refractivity contribution in [2.45, 2.75) is 13.5 Å². The number of carbonyl (C=O) groups excluding carboxylic acids is 1. The zero-order valence-corrected chi connectivity index (χ0v) is 19.0. The van der Waals surface area contributed by atoms with E-state index < -0.39 is 0 Å². The van der Waals surface area contributed by atoms with E-state index in [1.54, 1.807) is 17.0 Å². The number of nitrogens with zero attached hydrogens (tertiary/aromatic N) is 2. The van der Waals surface area contributed by atoms with Crippen LogP contribution in [0.25, 0.3) is 10.2 Å². The summed E-state index contributed by atoms with van der Waals surface area (Å²) in [6, 6.07) is 32.9. The maximum Gasteiger partial charge on any atom is 0.260 e. The highest BCUT2D eigenvalue weighted by Crippen LogP contribution is 2.32. The van der Waals surface area contributed by atoms with Gasteiger partial charge in [-0.15, -0.1) is 0 Å². The highest BCUT2D eigenvalue weighted by Gasteiger charge is 2.22. The van der Waals surface area contributed by atoms with Crippen LogP contribution in [0.3, 0.4) is 0 Å². The van der Waals surface area contributed by atoms with Gasteiger partial charge in [0.15, 0.2) is 5.13 Å². The number of benzene rings is 4. The summed E-state index contributed by atoms with van der Waals surface area (Å²) in [6.45, 7) is 2.49. The molecule has 1 heterocycles. The molecule has 162 valence electrons. The lowest BCUT2D eigenvalue weighted by Crippen LogP contribution is -2.30. The summed E-state index contributed by atoms with van der Waals surface area (Å²) in [6.07, 6.45) is 0. The number of thiazole rings is 1. The van der Waals surface area contributed by atoms with Crippen LogP contribution in [0.2, 0.25) is 0 Å². The zero-order chi connectivity index (χ0) is 22.6. The molecular formula is C28H22N2O2S. The van der Waals surface area contributed by atoms with Crippen molar-refractivity contribution in [2.24, 2.45) is 0 Å². The van der Waals surface area contributed by atoms with Gasteiger partial charge in [-0.3, -0.25) is 9.69 Å². The second kappa shape index (κ2) is 9.27. The van der Waals surface area contributed by atoms with Crippen molar-refractivity contribution < 1.29 is 9.53 Å². The van der Waals surface area contributed by atoms with Gasteiger partial charge in [0, 0.05) is 5.56 Å². The molecule has 0 unspecified atom stereocenters. The minimum absolute atomic E-state index is 0.0955. The second-order valence-corrected chi connectivity index (χ2v) is 8.74. The van der Waals surface area contributed by atoms with E-state index in [1.165, 1.54) is 11.3 Å². The van der Waals surface area contributed by atoms with Crippen LogP contribution in [-0.2, 0) is 6.54 Å². The Morgan fingerprint density at radius 2 is 1.48 bits per heavy atom. The Kier molecular flexibility index (Phi) is 5.87. The standard InChI is InChI=1S/C28H22N2O2S/c1-20-9-8-14-25-26(20)29-28(33-25)30(19-21-10-4-2-5-11-21)27(31)22-15-17-24(18-16-22)32-23-12-6-3-7-13-23/h2-18H,19H2,1H3. The lowest BCUT2D eigenvalue weighted by Gasteiger charge is -2.20. The van der Waals surface area contributed by atoms with Gasteiger partial charge in [0.1, 0.15) is 11.5 Å². The van der Waals surface area contributed by atoms with Gasteiger partial charge in [0.25, 0.3) is 5.91 Å². The van der Waals surface area contributed by atoms with E-state index in [-0.39, 0.29) is 5.91 Å². The van der Waals surface area contributed by atoms with Crippen LogP contribution >= 0.6 is 11.3 Å². The van der Waals surface area contributed by atoms with Gasteiger partial charge in [-0.25, -0.2) is 4.98 Å². The first-order chi connectivity index (χ1) is 16.2. The van der Waals surface area contributed by atoms with Crippen LogP contribution in [0.4, 0.5) is 5.13 Å².